The van der Waals surface area contributed by atoms with Crippen LogP contribution in [0.25, 0.3) is 39.0 Å². The number of aliphatic hydroxyl groups excluding tert-OH is 1. The van der Waals surface area contributed by atoms with Gasteiger partial charge in [-0.3, -0.25) is 9.69 Å². The highest BCUT2D eigenvalue weighted by Crippen LogP contribution is 2.41. The lowest BCUT2D eigenvalue weighted by Gasteiger charge is -2.49. The summed E-state index contributed by atoms with van der Waals surface area (Å²) in [5.74, 6) is -0.987. The van der Waals surface area contributed by atoms with E-state index in [4.69, 9.17) is 24.4 Å². The van der Waals surface area contributed by atoms with E-state index >= 15 is 8.78 Å². The van der Waals surface area contributed by atoms with Crippen LogP contribution in [0.4, 0.5) is 24.9 Å². The first-order chi connectivity index (χ1) is 29.6. The van der Waals surface area contributed by atoms with Crippen molar-refractivity contribution < 1.29 is 32.5 Å². The van der Waals surface area contributed by atoms with Crippen LogP contribution < -0.4 is 14.5 Å². The van der Waals surface area contributed by atoms with Crippen LogP contribution in [0.1, 0.15) is 37.9 Å². The molecule has 1 aliphatic carbocycles. The number of ether oxygens (including phenoxy) is 2. The van der Waals surface area contributed by atoms with Gasteiger partial charge < -0.3 is 33.8 Å². The van der Waals surface area contributed by atoms with Crippen molar-refractivity contribution in [3.63, 3.8) is 0 Å². The first kappa shape index (κ1) is 38.0. The third-order valence-corrected chi connectivity index (χ3v) is 12.7. The maximum atomic E-state index is 15.5. The Balaban J connectivity index is 1.03. The number of aromatic nitrogens is 8. The fraction of sp³-hybridized carbons (Fsp3) is 0.452. The van der Waals surface area contributed by atoms with Crippen LogP contribution >= 0.6 is 0 Å². The fourth-order valence-electron chi connectivity index (χ4n) is 9.66. The number of carbonyl (C=O) groups excluding carboxylic acids is 1. The number of hydrogen-bond acceptors (Lipinski definition) is 13. The second-order valence-corrected chi connectivity index (χ2v) is 16.8. The number of anilines is 2. The van der Waals surface area contributed by atoms with E-state index in [1.165, 1.54) is 46.2 Å². The maximum Gasteiger partial charge on any atom is 0.317 e. The van der Waals surface area contributed by atoms with Gasteiger partial charge in [0.25, 0.3) is 0 Å². The summed E-state index contributed by atoms with van der Waals surface area (Å²) in [7, 11) is 1.64. The molecule has 1 saturated carbocycles. The van der Waals surface area contributed by atoms with Gasteiger partial charge in [0.15, 0.2) is 11.5 Å². The summed E-state index contributed by atoms with van der Waals surface area (Å²) >= 11 is 0. The minimum atomic E-state index is -1.03. The van der Waals surface area contributed by atoms with Gasteiger partial charge in [0.2, 0.25) is 11.9 Å². The zero-order valence-electron chi connectivity index (χ0n) is 33.5. The molecule has 4 aromatic heterocycles. The largest absolute Gasteiger partial charge is 0.458 e. The summed E-state index contributed by atoms with van der Waals surface area (Å²) in [6, 6.07) is 7.50. The molecule has 19 heteroatoms. The smallest absolute Gasteiger partial charge is 0.317 e. The van der Waals surface area contributed by atoms with Crippen LogP contribution in [-0.2, 0) is 16.1 Å². The molecule has 0 radical (unpaired) electrons. The van der Waals surface area contributed by atoms with E-state index in [0.29, 0.717) is 64.6 Å². The minimum absolute atomic E-state index is 0.00393. The van der Waals surface area contributed by atoms with E-state index in [2.05, 4.69) is 24.9 Å². The molecule has 61 heavy (non-hydrogen) atoms. The van der Waals surface area contributed by atoms with E-state index < -0.39 is 35.7 Å². The fourth-order valence-corrected chi connectivity index (χ4v) is 9.66. The summed E-state index contributed by atoms with van der Waals surface area (Å²) in [4.78, 5) is 46.7. The van der Waals surface area contributed by atoms with E-state index in [1.807, 2.05) is 9.47 Å². The molecule has 12 rings (SSSR count). The van der Waals surface area contributed by atoms with Crippen molar-refractivity contribution in [1.29, 1.82) is 0 Å². The number of aryl methyl sites for hydroxylation is 1. The van der Waals surface area contributed by atoms with Crippen molar-refractivity contribution in [2.75, 3.05) is 49.8 Å². The Morgan fingerprint density at radius 1 is 0.885 bits per heavy atom. The molecule has 5 fully saturated rings. The van der Waals surface area contributed by atoms with Crippen molar-refractivity contribution in [2.24, 2.45) is 0 Å². The van der Waals surface area contributed by atoms with Crippen LogP contribution in [0.3, 0.4) is 0 Å². The highest BCUT2D eigenvalue weighted by Gasteiger charge is 2.46. The molecule has 1 amide bonds. The summed E-state index contributed by atoms with van der Waals surface area (Å²) in [5.41, 5.74) is 2.13. The normalized spacial score (nSPS) is 24.9. The Morgan fingerprint density at radius 3 is 2.59 bits per heavy atom. The summed E-state index contributed by atoms with van der Waals surface area (Å²) in [6.07, 6.45) is 5.54. The number of rotatable bonds is 4. The number of hydrogen-bond donors (Lipinski definition) is 1. The number of β-amino-alcohol motifs (C(OH)–C–C–N with tert-alkyl or cyclic N) is 1. The van der Waals surface area contributed by atoms with Gasteiger partial charge in [-0.1, -0.05) is 0 Å². The van der Waals surface area contributed by atoms with Crippen LogP contribution in [-0.4, -0.2) is 136 Å². The van der Waals surface area contributed by atoms with Gasteiger partial charge in [-0.05, 0) is 56.9 Å². The van der Waals surface area contributed by atoms with Gasteiger partial charge in [0.1, 0.15) is 41.1 Å². The highest BCUT2D eigenvalue weighted by atomic mass is 19.1. The zero-order chi connectivity index (χ0) is 41.7. The Labute approximate surface area is 347 Å². The standard InChI is InChI=1S/C42H43F3N12O4/c1-22-48-34-13-24(44)11-30-33-7-9-46-42(49-33)61-29-15-36(40(59)52(2)18-28(58)19-54(22)37(30)34)55(20-29)38-31-16-47-57(35-6-3-23(43)12-32(35)45)39(31)51-41(50-38)56-26-8-10-60-21-53(25-4-5-25)17-27(56)14-26/h3,6-7,9,11-13,16,25-29,36,58H,4-5,8,10,14-15,17-21H2,1-2H3/t26-,27-,28-,29-,36-/m0/s1. The summed E-state index contributed by atoms with van der Waals surface area (Å²) in [5, 5.41) is 16.6. The van der Waals surface area contributed by atoms with E-state index in [0.717, 1.165) is 38.3 Å². The molecule has 6 aromatic rings. The second kappa shape index (κ2) is 14.6. The van der Waals surface area contributed by atoms with Crippen molar-refractivity contribution in [2.45, 2.75) is 81.9 Å². The summed E-state index contributed by atoms with van der Waals surface area (Å²) in [6.45, 7) is 3.88. The molecule has 5 aliphatic heterocycles. The van der Waals surface area contributed by atoms with Gasteiger partial charge in [0, 0.05) is 68.6 Å². The van der Waals surface area contributed by atoms with Crippen LogP contribution in [0, 0.1) is 24.4 Å². The van der Waals surface area contributed by atoms with Crippen molar-refractivity contribution in [1.82, 2.24) is 49.1 Å². The number of fused-ring (bicyclic) bond motifs is 11. The number of benzene rings is 2. The second-order valence-electron chi connectivity index (χ2n) is 16.8. The first-order valence-electron chi connectivity index (χ1n) is 20.7. The van der Waals surface area contributed by atoms with E-state index in [-0.39, 0.29) is 61.4 Å². The van der Waals surface area contributed by atoms with Crippen molar-refractivity contribution in [3.8, 4) is 23.0 Å². The zero-order valence-corrected chi connectivity index (χ0v) is 33.5. The minimum Gasteiger partial charge on any atom is -0.458 e. The molecule has 9 heterocycles. The van der Waals surface area contributed by atoms with Crippen LogP contribution in [0.5, 0.6) is 6.01 Å². The van der Waals surface area contributed by atoms with E-state index in [1.54, 1.807) is 20.0 Å². The molecular formula is C42H43F3N12O4. The van der Waals surface area contributed by atoms with Crippen LogP contribution in [0.2, 0.25) is 0 Å². The molecule has 0 unspecified atom stereocenters. The number of imidazole rings is 1. The van der Waals surface area contributed by atoms with E-state index in [9.17, 15) is 14.3 Å². The highest BCUT2D eigenvalue weighted by molar-refractivity contribution is 5.94. The Hall–Kier alpha value is -5.92. The number of aliphatic hydroxyl groups is 1. The quantitative estimate of drug-likeness (QED) is 0.272. The topological polar surface area (TPSA) is 156 Å². The molecule has 5 atom stereocenters. The average Bonchev–Trinajstić information content (AvgIpc) is 3.67. The van der Waals surface area contributed by atoms with Crippen molar-refractivity contribution in [3.05, 3.63) is 72.1 Å². The number of likely N-dealkylation sites (N-methyl/N-ethyl adjacent to an activating group) is 1. The third kappa shape index (κ3) is 6.69. The lowest BCUT2D eigenvalue weighted by Crippen LogP contribution is -2.60. The molecule has 0 spiro atoms. The van der Waals surface area contributed by atoms with Crippen LogP contribution in [0.15, 0.2) is 48.8 Å². The van der Waals surface area contributed by atoms with Gasteiger partial charge in [-0.25, -0.2) is 27.8 Å². The van der Waals surface area contributed by atoms with Gasteiger partial charge in [-0.15, -0.1) is 0 Å². The predicted molar refractivity (Wildman–Crippen MR) is 216 cm³/mol. The summed E-state index contributed by atoms with van der Waals surface area (Å²) < 4.78 is 60.5. The number of amides is 1. The molecule has 2 aromatic carbocycles. The lowest BCUT2D eigenvalue weighted by atomic mass is 9.90. The Bertz CT molecular complexity index is 2710. The maximum absolute atomic E-state index is 15.5. The molecule has 6 aliphatic rings. The Kier molecular flexibility index (Phi) is 9.12. The molecule has 16 nitrogen and oxygen atoms in total. The number of halogens is 3. The van der Waals surface area contributed by atoms with Gasteiger partial charge in [-0.2, -0.15) is 20.1 Å². The average molecular weight is 837 g/mol. The van der Waals surface area contributed by atoms with Crippen molar-refractivity contribution >= 4 is 39.7 Å². The monoisotopic (exact) mass is 836 g/mol. The Morgan fingerprint density at radius 2 is 1.75 bits per heavy atom. The SMILES string of the molecule is Cc1nc2cc(F)cc3c2n1C[C@@H](O)CN(C)C(=O)[C@@H]1C[C@@H](CN1c1nc(N2[C@H]4CCOCN(C5CC5)C[C@@H]2C4)nc2c1cnn2-c1ccc(F)cc1F)Oc1nccc-3n1. The van der Waals surface area contributed by atoms with Gasteiger partial charge in [0.05, 0.1) is 60.8 Å². The third-order valence-electron chi connectivity index (χ3n) is 12.7. The van der Waals surface area contributed by atoms with Gasteiger partial charge >= 0.3 is 6.01 Å². The predicted octanol–water partition coefficient (Wildman–Crippen LogP) is 4.00. The molecule has 1 N–H and O–H groups in total. The molecule has 4 saturated heterocycles. The molecule has 316 valence electrons. The number of nitrogens with zero attached hydrogens (tertiary/aromatic N) is 12. The molecule has 6 bridgehead atoms. The first-order valence-corrected chi connectivity index (χ1v) is 20.7. The molecular weight excluding hydrogens is 794 g/mol. The number of carbonyl (C=O) groups is 1. The lowest BCUT2D eigenvalue weighted by molar-refractivity contribution is -0.132.